The first-order valence-electron chi connectivity index (χ1n) is 11.7. The summed E-state index contributed by atoms with van der Waals surface area (Å²) in [5.74, 6) is -1.14. The Morgan fingerprint density at radius 3 is 1.76 bits per heavy atom. The van der Waals surface area contributed by atoms with Crippen molar-refractivity contribution < 1.29 is 14.7 Å². The predicted molar refractivity (Wildman–Crippen MR) is 120 cm³/mol. The van der Waals surface area contributed by atoms with Crippen LogP contribution in [0.1, 0.15) is 102 Å². The van der Waals surface area contributed by atoms with Gasteiger partial charge in [0.2, 0.25) is 5.91 Å². The highest BCUT2D eigenvalue weighted by Crippen LogP contribution is 2.13. The van der Waals surface area contributed by atoms with Gasteiger partial charge in [0, 0.05) is 12.8 Å². The Hall–Kier alpha value is -1.84. The normalized spacial score (nSPS) is 11.9. The molecule has 0 spiro atoms. The molecule has 0 aliphatic rings. The highest BCUT2D eigenvalue weighted by atomic mass is 16.4. The number of benzene rings is 1. The van der Waals surface area contributed by atoms with Gasteiger partial charge in [-0.3, -0.25) is 4.79 Å². The molecule has 0 saturated heterocycles. The fraction of sp³-hybridized carbons (Fsp3) is 0.680. The third kappa shape index (κ3) is 13.9. The zero-order chi connectivity index (χ0) is 21.2. The summed E-state index contributed by atoms with van der Waals surface area (Å²) in [6.07, 6.45) is 17.2. The Kier molecular flexibility index (Phi) is 14.8. The van der Waals surface area contributed by atoms with Crippen LogP contribution in [-0.2, 0) is 16.0 Å². The maximum atomic E-state index is 12.1. The molecule has 4 nitrogen and oxygen atoms in total. The van der Waals surface area contributed by atoms with E-state index in [1.807, 2.05) is 30.3 Å². The fourth-order valence-corrected chi connectivity index (χ4v) is 3.62. The predicted octanol–water partition coefficient (Wildman–Crippen LogP) is 6.28. The molecule has 0 unspecified atom stereocenters. The maximum Gasteiger partial charge on any atom is 0.326 e. The monoisotopic (exact) mass is 403 g/mol. The van der Waals surface area contributed by atoms with Gasteiger partial charge in [0.15, 0.2) is 0 Å². The number of carbonyl (C=O) groups is 2. The van der Waals surface area contributed by atoms with Gasteiger partial charge in [-0.25, -0.2) is 4.79 Å². The molecule has 0 saturated carbocycles. The van der Waals surface area contributed by atoms with Gasteiger partial charge in [-0.15, -0.1) is 0 Å². The fourth-order valence-electron chi connectivity index (χ4n) is 3.62. The molecule has 1 atom stereocenters. The first-order valence-corrected chi connectivity index (χ1v) is 11.7. The van der Waals surface area contributed by atoms with Crippen molar-refractivity contribution in [1.29, 1.82) is 0 Å². The summed E-state index contributed by atoms with van der Waals surface area (Å²) in [7, 11) is 0. The summed E-state index contributed by atoms with van der Waals surface area (Å²) in [4.78, 5) is 23.5. The summed E-state index contributed by atoms with van der Waals surface area (Å²) < 4.78 is 0. The third-order valence-electron chi connectivity index (χ3n) is 5.42. The molecule has 4 heteroatoms. The number of rotatable bonds is 18. The van der Waals surface area contributed by atoms with Crippen LogP contribution in [0.5, 0.6) is 0 Å². The van der Waals surface area contributed by atoms with Gasteiger partial charge in [-0.2, -0.15) is 0 Å². The molecule has 29 heavy (non-hydrogen) atoms. The number of amides is 1. The molecule has 0 aliphatic carbocycles. The molecule has 1 aromatic carbocycles. The van der Waals surface area contributed by atoms with Crippen molar-refractivity contribution >= 4 is 11.9 Å². The number of carboxylic acids is 1. The molecule has 2 N–H and O–H groups in total. The van der Waals surface area contributed by atoms with Gasteiger partial charge in [-0.1, -0.05) is 114 Å². The lowest BCUT2D eigenvalue weighted by Gasteiger charge is -2.14. The van der Waals surface area contributed by atoms with E-state index in [-0.39, 0.29) is 5.91 Å². The van der Waals surface area contributed by atoms with Gasteiger partial charge in [0.05, 0.1) is 0 Å². The van der Waals surface area contributed by atoms with E-state index in [4.69, 9.17) is 0 Å². The molecular formula is C25H41NO3. The number of hydrogen-bond donors (Lipinski definition) is 2. The molecule has 0 fully saturated rings. The minimum atomic E-state index is -0.979. The number of aliphatic carboxylic acids is 1. The van der Waals surface area contributed by atoms with E-state index in [0.717, 1.165) is 24.8 Å². The SMILES string of the molecule is CCCCCCCCCCCCCCCC(=O)N[C@H](Cc1ccccc1)C(=O)O. The lowest BCUT2D eigenvalue weighted by atomic mass is 10.0. The van der Waals surface area contributed by atoms with Crippen LogP contribution in [0, 0.1) is 0 Å². The maximum absolute atomic E-state index is 12.1. The molecular weight excluding hydrogens is 362 g/mol. The van der Waals surface area contributed by atoms with Crippen LogP contribution < -0.4 is 5.32 Å². The third-order valence-corrected chi connectivity index (χ3v) is 5.42. The van der Waals surface area contributed by atoms with Crippen molar-refractivity contribution in [1.82, 2.24) is 5.32 Å². The van der Waals surface area contributed by atoms with Crippen molar-refractivity contribution in [3.8, 4) is 0 Å². The highest BCUT2D eigenvalue weighted by molar-refractivity contribution is 5.83. The van der Waals surface area contributed by atoms with E-state index in [1.54, 1.807) is 0 Å². The van der Waals surface area contributed by atoms with E-state index in [9.17, 15) is 14.7 Å². The lowest BCUT2D eigenvalue weighted by Crippen LogP contribution is -2.42. The van der Waals surface area contributed by atoms with Gasteiger partial charge in [0.25, 0.3) is 0 Å². The first-order chi connectivity index (χ1) is 14.1. The van der Waals surface area contributed by atoms with E-state index in [2.05, 4.69) is 12.2 Å². The second-order valence-electron chi connectivity index (χ2n) is 8.14. The number of carbonyl (C=O) groups excluding carboxylic acids is 1. The molecule has 1 aromatic rings. The summed E-state index contributed by atoms with van der Waals surface area (Å²) in [6, 6.07) is 8.56. The Balaban J connectivity index is 2.00. The quantitative estimate of drug-likeness (QED) is 0.283. The Morgan fingerprint density at radius 1 is 0.793 bits per heavy atom. The summed E-state index contributed by atoms with van der Waals surface area (Å²) >= 11 is 0. The van der Waals surface area contributed by atoms with Crippen molar-refractivity contribution in [2.24, 2.45) is 0 Å². The average Bonchev–Trinajstić information content (AvgIpc) is 2.71. The van der Waals surface area contributed by atoms with Crippen molar-refractivity contribution in [3.63, 3.8) is 0 Å². The van der Waals surface area contributed by atoms with E-state index in [1.165, 1.54) is 64.2 Å². The van der Waals surface area contributed by atoms with Crippen LogP contribution in [0.4, 0.5) is 0 Å². The van der Waals surface area contributed by atoms with Crippen molar-refractivity contribution in [3.05, 3.63) is 35.9 Å². The van der Waals surface area contributed by atoms with Crippen LogP contribution in [0.15, 0.2) is 30.3 Å². The van der Waals surface area contributed by atoms with Gasteiger partial charge in [-0.05, 0) is 12.0 Å². The minimum absolute atomic E-state index is 0.156. The number of nitrogens with one attached hydrogen (secondary N) is 1. The van der Waals surface area contributed by atoms with Crippen molar-refractivity contribution in [2.75, 3.05) is 0 Å². The topological polar surface area (TPSA) is 66.4 Å². The second-order valence-corrected chi connectivity index (χ2v) is 8.14. The van der Waals surface area contributed by atoms with Crippen LogP contribution in [0.3, 0.4) is 0 Å². The number of carboxylic acid groups (broad SMARTS) is 1. The van der Waals surface area contributed by atoms with Crippen LogP contribution >= 0.6 is 0 Å². The van der Waals surface area contributed by atoms with Crippen LogP contribution in [0.25, 0.3) is 0 Å². The lowest BCUT2D eigenvalue weighted by molar-refractivity contribution is -0.141. The molecule has 164 valence electrons. The van der Waals surface area contributed by atoms with Crippen LogP contribution in [-0.4, -0.2) is 23.0 Å². The van der Waals surface area contributed by atoms with Gasteiger partial charge >= 0.3 is 5.97 Å². The zero-order valence-corrected chi connectivity index (χ0v) is 18.3. The van der Waals surface area contributed by atoms with E-state index < -0.39 is 12.0 Å². The summed E-state index contributed by atoms with van der Waals surface area (Å²) in [5.41, 5.74) is 0.918. The molecule has 1 amide bonds. The molecule has 0 aliphatic heterocycles. The smallest absolute Gasteiger partial charge is 0.326 e. The number of unbranched alkanes of at least 4 members (excludes halogenated alkanes) is 12. The van der Waals surface area contributed by atoms with E-state index >= 15 is 0 Å². The molecule has 0 radical (unpaired) electrons. The molecule has 0 heterocycles. The highest BCUT2D eigenvalue weighted by Gasteiger charge is 2.19. The summed E-state index contributed by atoms with van der Waals surface area (Å²) in [6.45, 7) is 2.26. The summed E-state index contributed by atoms with van der Waals surface area (Å²) in [5, 5.41) is 12.0. The Labute approximate surface area is 177 Å². The number of hydrogen-bond acceptors (Lipinski definition) is 2. The largest absolute Gasteiger partial charge is 0.480 e. The van der Waals surface area contributed by atoms with E-state index in [0.29, 0.717) is 12.8 Å². The molecule has 1 rings (SSSR count). The molecule has 0 aromatic heterocycles. The standard InChI is InChI=1S/C25H41NO3/c1-2-3-4-5-6-7-8-9-10-11-12-13-17-20-24(27)26-23(25(28)29)21-22-18-15-14-16-19-22/h14-16,18-19,23H,2-13,17,20-21H2,1H3,(H,26,27)(H,28,29)/t23-/m1/s1. The van der Waals surface area contributed by atoms with Crippen LogP contribution in [0.2, 0.25) is 0 Å². The Morgan fingerprint density at radius 2 is 1.28 bits per heavy atom. The zero-order valence-electron chi connectivity index (χ0n) is 18.3. The average molecular weight is 404 g/mol. The van der Waals surface area contributed by atoms with Gasteiger partial charge < -0.3 is 10.4 Å². The Bertz CT molecular complexity index is 544. The van der Waals surface area contributed by atoms with Crippen molar-refractivity contribution in [2.45, 2.75) is 109 Å². The second kappa shape index (κ2) is 17.1. The molecule has 0 bridgehead atoms. The van der Waals surface area contributed by atoms with Gasteiger partial charge in [0.1, 0.15) is 6.04 Å². The minimum Gasteiger partial charge on any atom is -0.480 e. The first kappa shape index (κ1) is 25.2.